The van der Waals surface area contributed by atoms with Crippen molar-refractivity contribution >= 4 is 29.9 Å². The largest absolute Gasteiger partial charge is 0.444 e. The number of rotatable bonds is 4. The Morgan fingerprint density at radius 3 is 2.52 bits per heavy atom. The maximum Gasteiger partial charge on any atom is 0.408 e. The highest BCUT2D eigenvalue weighted by Crippen LogP contribution is 2.40. The van der Waals surface area contributed by atoms with Crippen molar-refractivity contribution in [2.75, 3.05) is 6.54 Å². The van der Waals surface area contributed by atoms with E-state index in [4.69, 9.17) is 14.8 Å². The molecule has 0 saturated carbocycles. The Balaban J connectivity index is 2.83. The lowest BCUT2D eigenvalue weighted by Gasteiger charge is -2.35. The fourth-order valence-electron chi connectivity index (χ4n) is 1.95. The van der Waals surface area contributed by atoms with E-state index in [-0.39, 0.29) is 13.0 Å². The zero-order valence-corrected chi connectivity index (χ0v) is 14.7. The molecule has 2 atom stereocenters. The molecule has 11 nitrogen and oxygen atoms in total. The molecule has 1 saturated heterocycles. The van der Waals surface area contributed by atoms with Crippen LogP contribution in [0.5, 0.6) is 0 Å². The first-order valence-corrected chi connectivity index (χ1v) is 9.85. The molecule has 23 heavy (non-hydrogen) atoms. The standard InChI is InChI=1S/C10H21N4O7PS/c1-10(2,3)21-9(16)12-7-5-4-6-14(8(7)15)22(11,17)13-23(18,19)20/h7H,4-6H2,1-3H3,(H,12,16)(H3,11,13,17)(H,18,19,20)/t7-,22?/m0/s1. The number of ether oxygens (including phenoxy) is 1. The SMILES string of the molecule is CC(C)(C)OC(=O)N[C@H]1CCCN(P(N)(=O)NS(=O)(=O)O)C1=O. The van der Waals surface area contributed by atoms with Crippen molar-refractivity contribution in [2.24, 2.45) is 5.50 Å². The van der Waals surface area contributed by atoms with Crippen LogP contribution in [-0.4, -0.2) is 47.8 Å². The van der Waals surface area contributed by atoms with Gasteiger partial charge in [-0.25, -0.2) is 4.79 Å². The van der Waals surface area contributed by atoms with Gasteiger partial charge in [0.1, 0.15) is 11.6 Å². The number of hydrogen-bond donors (Lipinski definition) is 4. The molecule has 0 radical (unpaired) electrons. The van der Waals surface area contributed by atoms with Gasteiger partial charge in [-0.15, -0.1) is 4.49 Å². The average Bonchev–Trinajstić information content (AvgIpc) is 2.25. The van der Waals surface area contributed by atoms with Gasteiger partial charge in [-0.05, 0) is 33.6 Å². The van der Waals surface area contributed by atoms with E-state index in [1.807, 2.05) is 0 Å². The molecule has 0 aliphatic carbocycles. The van der Waals surface area contributed by atoms with Crippen molar-refractivity contribution in [1.82, 2.24) is 14.5 Å². The van der Waals surface area contributed by atoms with Gasteiger partial charge in [0.2, 0.25) is 0 Å². The third-order valence-corrected chi connectivity index (χ3v) is 5.79. The number of nitrogens with zero attached hydrogens (tertiary/aromatic N) is 1. The van der Waals surface area contributed by atoms with Crippen LogP contribution in [-0.2, 0) is 24.4 Å². The molecule has 1 unspecified atom stereocenters. The normalized spacial score (nSPS) is 22.4. The van der Waals surface area contributed by atoms with Gasteiger partial charge in [-0.3, -0.25) is 24.1 Å². The van der Waals surface area contributed by atoms with E-state index in [9.17, 15) is 22.6 Å². The van der Waals surface area contributed by atoms with Crippen LogP contribution in [0.4, 0.5) is 4.79 Å². The second-order valence-electron chi connectivity index (χ2n) is 5.99. The van der Waals surface area contributed by atoms with Gasteiger partial charge in [-0.2, -0.15) is 8.42 Å². The fraction of sp³-hybridized carbons (Fsp3) is 0.800. The lowest BCUT2D eigenvalue weighted by molar-refractivity contribution is -0.130. The van der Waals surface area contributed by atoms with Crippen LogP contribution < -0.4 is 15.3 Å². The Kier molecular flexibility index (Phi) is 5.81. The van der Waals surface area contributed by atoms with E-state index >= 15 is 0 Å². The summed E-state index contributed by atoms with van der Waals surface area (Å²) in [5.41, 5.74) is 4.56. The first-order chi connectivity index (χ1) is 10.2. The van der Waals surface area contributed by atoms with Gasteiger partial charge in [0.15, 0.2) is 0 Å². The second kappa shape index (κ2) is 6.73. The van der Waals surface area contributed by atoms with Crippen LogP contribution in [0.25, 0.3) is 0 Å². The minimum absolute atomic E-state index is 0.0817. The molecule has 5 N–H and O–H groups in total. The first-order valence-electron chi connectivity index (χ1n) is 6.68. The van der Waals surface area contributed by atoms with Gasteiger partial charge in [0, 0.05) is 6.54 Å². The predicted octanol–water partition coefficient (Wildman–Crippen LogP) is -0.0387. The van der Waals surface area contributed by atoms with Crippen molar-refractivity contribution in [1.29, 1.82) is 0 Å². The van der Waals surface area contributed by atoms with E-state index in [1.165, 1.54) is 4.49 Å². The summed E-state index contributed by atoms with van der Waals surface area (Å²) in [6.45, 7) is 4.85. The molecule has 134 valence electrons. The van der Waals surface area contributed by atoms with E-state index in [2.05, 4.69) is 5.32 Å². The lowest BCUT2D eigenvalue weighted by atomic mass is 10.1. The van der Waals surface area contributed by atoms with Crippen LogP contribution in [0, 0.1) is 0 Å². The van der Waals surface area contributed by atoms with Crippen LogP contribution in [0.15, 0.2) is 0 Å². The molecule has 0 aromatic rings. The van der Waals surface area contributed by atoms with Crippen molar-refractivity contribution in [3.8, 4) is 0 Å². The molecule has 13 heteroatoms. The van der Waals surface area contributed by atoms with Gasteiger partial charge >= 0.3 is 24.0 Å². The third kappa shape index (κ3) is 6.43. The van der Waals surface area contributed by atoms with Crippen LogP contribution in [0.2, 0.25) is 0 Å². The van der Waals surface area contributed by atoms with Gasteiger partial charge < -0.3 is 10.1 Å². The quantitative estimate of drug-likeness (QED) is 0.394. The van der Waals surface area contributed by atoms with E-state index in [1.54, 1.807) is 20.8 Å². The second-order valence-corrected chi connectivity index (χ2v) is 9.40. The van der Waals surface area contributed by atoms with Crippen LogP contribution >= 0.6 is 7.59 Å². The molecular weight excluding hydrogens is 351 g/mol. The summed E-state index contributed by atoms with van der Waals surface area (Å²) in [4.78, 5) is 23.9. The Morgan fingerprint density at radius 2 is 2.04 bits per heavy atom. The van der Waals surface area contributed by atoms with E-state index in [0.29, 0.717) is 11.1 Å². The Hall–Kier alpha value is -1.20. The fourth-order valence-corrected chi connectivity index (χ4v) is 4.54. The number of carbonyl (C=O) groups is 2. The van der Waals surface area contributed by atoms with Crippen molar-refractivity contribution in [3.05, 3.63) is 0 Å². The number of alkyl carbamates (subject to hydrolysis) is 1. The number of piperidine rings is 1. The number of hydrogen-bond acceptors (Lipinski definition) is 6. The summed E-state index contributed by atoms with van der Waals surface area (Å²) in [5.74, 6) is -0.830. The first kappa shape index (κ1) is 19.8. The number of nitrogens with two attached hydrogens (primary N) is 1. The van der Waals surface area contributed by atoms with Crippen LogP contribution in [0.3, 0.4) is 0 Å². The Morgan fingerprint density at radius 1 is 1.48 bits per heavy atom. The molecule has 2 amide bonds. The highest BCUT2D eigenvalue weighted by atomic mass is 32.2. The molecular formula is C10H21N4O7PS. The predicted molar refractivity (Wildman–Crippen MR) is 80.6 cm³/mol. The molecule has 0 aromatic heterocycles. The lowest BCUT2D eigenvalue weighted by Crippen LogP contribution is -2.54. The summed E-state index contributed by atoms with van der Waals surface area (Å²) >= 11 is 0. The smallest absolute Gasteiger partial charge is 0.408 e. The van der Waals surface area contributed by atoms with Crippen molar-refractivity contribution in [3.63, 3.8) is 0 Å². The van der Waals surface area contributed by atoms with Gasteiger partial charge in [0.25, 0.3) is 5.91 Å². The number of nitrogens with one attached hydrogen (secondary N) is 2. The molecule has 0 aromatic carbocycles. The highest BCUT2D eigenvalue weighted by Gasteiger charge is 2.40. The maximum absolute atomic E-state index is 12.2. The summed E-state index contributed by atoms with van der Waals surface area (Å²) in [7, 11) is -9.23. The summed E-state index contributed by atoms with van der Waals surface area (Å²) in [6, 6.07) is -1.06. The molecule has 1 fully saturated rings. The summed E-state index contributed by atoms with van der Waals surface area (Å²) < 4.78 is 49.3. The third-order valence-electron chi connectivity index (χ3n) is 2.71. The van der Waals surface area contributed by atoms with E-state index < -0.39 is 41.5 Å². The summed E-state index contributed by atoms with van der Waals surface area (Å²) in [6.07, 6.45) is -0.270. The number of carbonyl (C=O) groups excluding carboxylic acids is 2. The monoisotopic (exact) mass is 372 g/mol. The average molecular weight is 372 g/mol. The molecule has 1 aliphatic heterocycles. The van der Waals surface area contributed by atoms with E-state index in [0.717, 1.165) is 0 Å². The molecule has 1 heterocycles. The Bertz CT molecular complexity index is 630. The minimum Gasteiger partial charge on any atom is -0.444 e. The molecule has 0 spiro atoms. The van der Waals surface area contributed by atoms with Gasteiger partial charge in [-0.1, -0.05) is 0 Å². The van der Waals surface area contributed by atoms with Crippen molar-refractivity contribution < 1.29 is 31.9 Å². The topological polar surface area (TPSA) is 168 Å². The van der Waals surface area contributed by atoms with Crippen LogP contribution in [0.1, 0.15) is 33.6 Å². The maximum atomic E-state index is 12.2. The molecule has 1 rings (SSSR count). The molecule has 1 aliphatic rings. The summed E-state index contributed by atoms with van der Waals surface area (Å²) in [5, 5.41) is 2.32. The molecule has 0 bridgehead atoms. The van der Waals surface area contributed by atoms with Crippen molar-refractivity contribution in [2.45, 2.75) is 45.3 Å². The number of amides is 2. The minimum atomic E-state index is -4.86. The highest BCUT2D eigenvalue weighted by molar-refractivity contribution is 7.90. The zero-order valence-electron chi connectivity index (χ0n) is 13.0. The Labute approximate surface area is 134 Å². The zero-order chi connectivity index (χ0) is 18.1. The van der Waals surface area contributed by atoms with Gasteiger partial charge in [0.05, 0.1) is 0 Å².